The SMILES string of the molecule is COc1ccc(C(=O)C=Cc2ccc(O)cc2)c2c1C=CC(C)(C)O2. The Morgan fingerprint density at radius 3 is 2.56 bits per heavy atom. The fourth-order valence-electron chi connectivity index (χ4n) is 2.65. The fourth-order valence-corrected chi connectivity index (χ4v) is 2.65. The summed E-state index contributed by atoms with van der Waals surface area (Å²) in [5.41, 5.74) is 1.60. The van der Waals surface area contributed by atoms with Crippen molar-refractivity contribution in [2.24, 2.45) is 0 Å². The van der Waals surface area contributed by atoms with E-state index in [0.717, 1.165) is 11.1 Å². The predicted molar refractivity (Wildman–Crippen MR) is 98.2 cm³/mol. The Hall–Kier alpha value is -3.01. The van der Waals surface area contributed by atoms with Gasteiger partial charge in [0.25, 0.3) is 0 Å². The number of methoxy groups -OCH3 is 1. The average Bonchev–Trinajstić information content (AvgIpc) is 2.59. The first-order valence-corrected chi connectivity index (χ1v) is 8.00. The summed E-state index contributed by atoms with van der Waals surface area (Å²) in [5, 5.41) is 9.32. The molecule has 0 aromatic heterocycles. The van der Waals surface area contributed by atoms with Crippen molar-refractivity contribution in [2.45, 2.75) is 19.4 Å². The summed E-state index contributed by atoms with van der Waals surface area (Å²) >= 11 is 0. The number of aromatic hydroxyl groups is 1. The van der Waals surface area contributed by atoms with Gasteiger partial charge in [0.15, 0.2) is 5.78 Å². The minimum atomic E-state index is -0.491. The van der Waals surface area contributed by atoms with Gasteiger partial charge >= 0.3 is 0 Å². The van der Waals surface area contributed by atoms with Crippen LogP contribution in [0.5, 0.6) is 17.2 Å². The molecule has 2 aromatic carbocycles. The van der Waals surface area contributed by atoms with E-state index in [-0.39, 0.29) is 11.5 Å². The third-order valence-electron chi connectivity index (χ3n) is 3.98. The van der Waals surface area contributed by atoms with E-state index < -0.39 is 5.60 Å². The molecular formula is C21H20O4. The number of phenols is 1. The molecule has 4 nitrogen and oxygen atoms in total. The Balaban J connectivity index is 1.96. The maximum Gasteiger partial charge on any atom is 0.189 e. The number of benzene rings is 2. The van der Waals surface area contributed by atoms with Gasteiger partial charge in [-0.2, -0.15) is 0 Å². The number of hydrogen-bond acceptors (Lipinski definition) is 4. The summed E-state index contributed by atoms with van der Waals surface area (Å²) in [6, 6.07) is 10.1. The van der Waals surface area contributed by atoms with Crippen LogP contribution >= 0.6 is 0 Å². The number of carbonyl (C=O) groups excluding carboxylic acids is 1. The minimum absolute atomic E-state index is 0.155. The molecule has 1 aliphatic heterocycles. The van der Waals surface area contributed by atoms with E-state index in [1.807, 2.05) is 26.0 Å². The lowest BCUT2D eigenvalue weighted by molar-refractivity contribution is 0.103. The van der Waals surface area contributed by atoms with Crippen molar-refractivity contribution < 1.29 is 19.4 Å². The number of ether oxygens (including phenoxy) is 2. The molecule has 4 heteroatoms. The van der Waals surface area contributed by atoms with Crippen LogP contribution in [-0.4, -0.2) is 23.6 Å². The largest absolute Gasteiger partial charge is 0.508 e. The van der Waals surface area contributed by atoms with Crippen molar-refractivity contribution in [1.29, 1.82) is 0 Å². The van der Waals surface area contributed by atoms with Gasteiger partial charge in [-0.3, -0.25) is 4.79 Å². The van der Waals surface area contributed by atoms with Gasteiger partial charge in [-0.1, -0.05) is 18.2 Å². The molecule has 0 spiro atoms. The monoisotopic (exact) mass is 336 g/mol. The number of ketones is 1. The van der Waals surface area contributed by atoms with Crippen LogP contribution in [0, 0.1) is 0 Å². The first-order chi connectivity index (χ1) is 11.9. The van der Waals surface area contributed by atoms with Gasteiger partial charge in [0, 0.05) is 0 Å². The first kappa shape index (κ1) is 16.8. The van der Waals surface area contributed by atoms with Crippen molar-refractivity contribution in [3.63, 3.8) is 0 Å². The quantitative estimate of drug-likeness (QED) is 0.660. The molecule has 0 radical (unpaired) electrons. The minimum Gasteiger partial charge on any atom is -0.508 e. The molecule has 2 aromatic rings. The smallest absolute Gasteiger partial charge is 0.189 e. The van der Waals surface area contributed by atoms with Crippen LogP contribution in [0.25, 0.3) is 12.2 Å². The molecule has 1 heterocycles. The molecule has 0 aliphatic carbocycles. The topological polar surface area (TPSA) is 55.8 Å². The second-order valence-corrected chi connectivity index (χ2v) is 6.39. The van der Waals surface area contributed by atoms with Gasteiger partial charge in [0.2, 0.25) is 0 Å². The summed E-state index contributed by atoms with van der Waals surface area (Å²) in [4.78, 5) is 12.7. The molecule has 128 valence electrons. The van der Waals surface area contributed by atoms with Gasteiger partial charge in [-0.05, 0) is 61.9 Å². The Morgan fingerprint density at radius 1 is 1.16 bits per heavy atom. The molecule has 3 rings (SSSR count). The Labute approximate surface area is 147 Å². The lowest BCUT2D eigenvalue weighted by Crippen LogP contribution is -2.28. The van der Waals surface area contributed by atoms with Crippen molar-refractivity contribution in [1.82, 2.24) is 0 Å². The molecule has 1 aliphatic rings. The summed E-state index contributed by atoms with van der Waals surface area (Å²) in [6.07, 6.45) is 7.09. The van der Waals surface area contributed by atoms with Gasteiger partial charge in [-0.25, -0.2) is 0 Å². The van der Waals surface area contributed by atoms with Crippen LogP contribution in [0.15, 0.2) is 48.6 Å². The van der Waals surface area contributed by atoms with Crippen LogP contribution in [-0.2, 0) is 0 Å². The van der Waals surface area contributed by atoms with Gasteiger partial charge in [0.1, 0.15) is 22.8 Å². The molecule has 1 N–H and O–H groups in total. The zero-order chi connectivity index (χ0) is 18.0. The molecule has 25 heavy (non-hydrogen) atoms. The molecule has 0 saturated heterocycles. The van der Waals surface area contributed by atoms with E-state index >= 15 is 0 Å². The number of fused-ring (bicyclic) bond motifs is 1. The van der Waals surface area contributed by atoms with Gasteiger partial charge in [-0.15, -0.1) is 0 Å². The van der Waals surface area contributed by atoms with Crippen molar-refractivity contribution in [2.75, 3.05) is 7.11 Å². The zero-order valence-corrected chi connectivity index (χ0v) is 14.4. The number of carbonyl (C=O) groups is 1. The number of rotatable bonds is 4. The lowest BCUT2D eigenvalue weighted by Gasteiger charge is -2.29. The van der Waals surface area contributed by atoms with E-state index in [1.165, 1.54) is 6.08 Å². The van der Waals surface area contributed by atoms with Crippen molar-refractivity contribution in [3.8, 4) is 17.2 Å². The fraction of sp³-hybridized carbons (Fsp3) is 0.190. The maximum absolute atomic E-state index is 12.7. The van der Waals surface area contributed by atoms with E-state index in [0.29, 0.717) is 17.1 Å². The molecule has 0 saturated carbocycles. The Morgan fingerprint density at radius 2 is 1.88 bits per heavy atom. The zero-order valence-electron chi connectivity index (χ0n) is 14.4. The van der Waals surface area contributed by atoms with Crippen LogP contribution in [0.2, 0.25) is 0 Å². The van der Waals surface area contributed by atoms with Crippen molar-refractivity contribution in [3.05, 3.63) is 65.2 Å². The summed E-state index contributed by atoms with van der Waals surface area (Å²) in [7, 11) is 1.59. The van der Waals surface area contributed by atoms with Gasteiger partial charge in [0.05, 0.1) is 18.2 Å². The van der Waals surface area contributed by atoms with Gasteiger partial charge < -0.3 is 14.6 Å². The van der Waals surface area contributed by atoms with Crippen molar-refractivity contribution >= 4 is 17.9 Å². The highest BCUT2D eigenvalue weighted by atomic mass is 16.5. The van der Waals surface area contributed by atoms with E-state index in [1.54, 1.807) is 49.6 Å². The summed E-state index contributed by atoms with van der Waals surface area (Å²) < 4.78 is 11.4. The third kappa shape index (κ3) is 3.58. The molecule has 0 fully saturated rings. The standard InChI is InChI=1S/C21H20O4/c1-21(2)13-12-17-19(24-3)11-9-16(20(17)25-21)18(23)10-6-14-4-7-15(22)8-5-14/h4-13,22H,1-3H3. The number of hydrogen-bond donors (Lipinski definition) is 1. The Kier molecular flexibility index (Phi) is 4.36. The summed E-state index contributed by atoms with van der Waals surface area (Å²) in [5.74, 6) is 1.24. The Bertz CT molecular complexity index is 858. The van der Waals surface area contributed by atoms with E-state index in [4.69, 9.17) is 9.47 Å². The van der Waals surface area contributed by atoms with Crippen LogP contribution in [0.4, 0.5) is 0 Å². The first-order valence-electron chi connectivity index (χ1n) is 8.00. The molecule has 0 amide bonds. The number of allylic oxidation sites excluding steroid dienone is 1. The highest BCUT2D eigenvalue weighted by Gasteiger charge is 2.27. The second kappa shape index (κ2) is 6.48. The summed E-state index contributed by atoms with van der Waals surface area (Å²) in [6.45, 7) is 3.87. The normalized spacial score (nSPS) is 14.8. The van der Waals surface area contributed by atoms with E-state index in [2.05, 4.69) is 0 Å². The highest BCUT2D eigenvalue weighted by Crippen LogP contribution is 2.39. The molecular weight excluding hydrogens is 316 g/mol. The second-order valence-electron chi connectivity index (χ2n) is 6.39. The van der Waals surface area contributed by atoms with Crippen LogP contribution in [0.1, 0.15) is 35.3 Å². The third-order valence-corrected chi connectivity index (χ3v) is 3.98. The average molecular weight is 336 g/mol. The maximum atomic E-state index is 12.7. The molecule has 0 atom stereocenters. The highest BCUT2D eigenvalue weighted by molar-refractivity contribution is 6.09. The lowest BCUT2D eigenvalue weighted by atomic mass is 9.97. The molecule has 0 bridgehead atoms. The van der Waals surface area contributed by atoms with Crippen LogP contribution < -0.4 is 9.47 Å². The van der Waals surface area contributed by atoms with Crippen LogP contribution in [0.3, 0.4) is 0 Å². The van der Waals surface area contributed by atoms with E-state index in [9.17, 15) is 9.90 Å². The molecule has 0 unspecified atom stereocenters. The number of phenolic OH excluding ortho intramolecular Hbond substituents is 1. The predicted octanol–water partition coefficient (Wildman–Crippen LogP) is 4.48.